The predicted molar refractivity (Wildman–Crippen MR) is 67.6 cm³/mol. The van der Waals surface area contributed by atoms with Crippen molar-refractivity contribution in [2.24, 2.45) is 5.73 Å². The second-order valence-electron chi connectivity index (χ2n) is 3.50. The van der Waals surface area contributed by atoms with Crippen LogP contribution < -0.4 is 16.3 Å². The molecular weight excluding hydrogens is 217 g/mol. The average Bonchev–Trinajstić information content (AvgIpc) is 2.39. The van der Waals surface area contributed by atoms with Gasteiger partial charge in [-0.1, -0.05) is 30.3 Å². The number of benzene rings is 2. The first-order valence-corrected chi connectivity index (χ1v) is 6.38. The van der Waals surface area contributed by atoms with Crippen molar-refractivity contribution in [2.75, 3.05) is 0 Å². The van der Waals surface area contributed by atoms with Gasteiger partial charge in [-0.15, -0.1) is 0 Å². The summed E-state index contributed by atoms with van der Waals surface area (Å²) in [6.45, 7) is 0.516. The normalized spacial score (nSPS) is 11.2. The number of nitrogens with two attached hydrogens (primary N) is 1. The molecule has 2 aromatic carbocycles. The van der Waals surface area contributed by atoms with Gasteiger partial charge in [-0.3, -0.25) is 4.57 Å². The van der Waals surface area contributed by atoms with Gasteiger partial charge in [0.15, 0.2) is 0 Å². The van der Waals surface area contributed by atoms with Gasteiger partial charge in [0, 0.05) is 17.2 Å². The predicted octanol–water partition coefficient (Wildman–Crippen LogP) is 1.92. The highest BCUT2D eigenvalue weighted by Gasteiger charge is 2.06. The maximum Gasteiger partial charge on any atom is 0.136 e. The van der Waals surface area contributed by atoms with Crippen molar-refractivity contribution in [3.8, 4) is 0 Å². The van der Waals surface area contributed by atoms with Crippen LogP contribution in [0.15, 0.2) is 54.6 Å². The van der Waals surface area contributed by atoms with Crippen LogP contribution >= 0.6 is 7.80 Å². The summed E-state index contributed by atoms with van der Waals surface area (Å²) in [4.78, 5) is 0. The minimum Gasteiger partial charge on any atom is -0.326 e. The molecule has 0 aliphatic rings. The van der Waals surface area contributed by atoms with Crippen LogP contribution in [-0.4, -0.2) is 0 Å². The van der Waals surface area contributed by atoms with Crippen LogP contribution in [0, 0.1) is 0 Å². The van der Waals surface area contributed by atoms with E-state index >= 15 is 0 Å². The molecule has 0 fully saturated rings. The van der Waals surface area contributed by atoms with E-state index < -0.39 is 7.80 Å². The van der Waals surface area contributed by atoms with Crippen LogP contribution in [0.2, 0.25) is 0 Å². The number of rotatable bonds is 3. The Balaban J connectivity index is 2.28. The fourth-order valence-corrected chi connectivity index (χ4v) is 2.64. The molecule has 16 heavy (non-hydrogen) atoms. The highest BCUT2D eigenvalue weighted by atomic mass is 31.1. The maximum absolute atomic E-state index is 12.2. The topological polar surface area (TPSA) is 43.1 Å². The van der Waals surface area contributed by atoms with Gasteiger partial charge in [-0.05, 0) is 29.8 Å². The molecule has 0 aromatic heterocycles. The van der Waals surface area contributed by atoms with E-state index in [4.69, 9.17) is 5.73 Å². The van der Waals surface area contributed by atoms with Gasteiger partial charge in [-0.25, -0.2) is 0 Å². The molecule has 1 atom stereocenters. The summed E-state index contributed by atoms with van der Waals surface area (Å²) in [5, 5.41) is 1.70. The Morgan fingerprint density at radius 2 is 1.44 bits per heavy atom. The minimum atomic E-state index is -1.48. The average molecular weight is 230 g/mol. The lowest BCUT2D eigenvalue weighted by Crippen LogP contribution is -2.06. The van der Waals surface area contributed by atoms with Gasteiger partial charge in [0.25, 0.3) is 0 Å². The standard InChI is InChI=1S/C13H13NOP/c14-10-11-6-8-13(9-7-11)16(15)12-4-2-1-3-5-12/h1-9H,10,14H2. The molecule has 0 saturated heterocycles. The molecule has 0 saturated carbocycles. The van der Waals surface area contributed by atoms with E-state index in [0.29, 0.717) is 6.54 Å². The Bertz CT molecular complexity index is 479. The Hall–Kier alpha value is -1.50. The van der Waals surface area contributed by atoms with E-state index in [-0.39, 0.29) is 0 Å². The third kappa shape index (κ3) is 2.35. The van der Waals surface area contributed by atoms with E-state index in [1.165, 1.54) is 0 Å². The van der Waals surface area contributed by atoms with Crippen LogP contribution in [0.3, 0.4) is 0 Å². The van der Waals surface area contributed by atoms with Crippen LogP contribution in [0.1, 0.15) is 5.56 Å². The summed E-state index contributed by atoms with van der Waals surface area (Å²) in [6, 6.07) is 17.1. The molecule has 0 bridgehead atoms. The molecule has 0 heterocycles. The molecule has 0 amide bonds. The summed E-state index contributed by atoms with van der Waals surface area (Å²) in [7, 11) is -1.48. The molecule has 2 aromatic rings. The summed E-state index contributed by atoms with van der Waals surface area (Å²) in [5.74, 6) is 0. The lowest BCUT2D eigenvalue weighted by molar-refractivity contribution is 0.598. The van der Waals surface area contributed by atoms with Crippen molar-refractivity contribution in [2.45, 2.75) is 6.54 Å². The third-order valence-electron chi connectivity index (χ3n) is 2.40. The van der Waals surface area contributed by atoms with Gasteiger partial charge in [-0.2, -0.15) is 0 Å². The summed E-state index contributed by atoms with van der Waals surface area (Å²) < 4.78 is 12.2. The van der Waals surface area contributed by atoms with Crippen LogP contribution in [0.25, 0.3) is 0 Å². The molecule has 2 nitrogen and oxygen atoms in total. The number of hydrogen-bond acceptors (Lipinski definition) is 2. The molecule has 3 heteroatoms. The summed E-state index contributed by atoms with van der Waals surface area (Å²) >= 11 is 0. The van der Waals surface area contributed by atoms with Crippen molar-refractivity contribution >= 4 is 18.4 Å². The molecule has 0 aliphatic heterocycles. The van der Waals surface area contributed by atoms with Crippen LogP contribution in [0.5, 0.6) is 0 Å². The zero-order valence-corrected chi connectivity index (χ0v) is 9.73. The molecule has 0 aliphatic carbocycles. The fourth-order valence-electron chi connectivity index (χ4n) is 1.48. The van der Waals surface area contributed by atoms with Crippen molar-refractivity contribution in [3.05, 3.63) is 60.2 Å². The Kier molecular flexibility index (Phi) is 3.45. The molecule has 1 radical (unpaired) electrons. The number of hydrogen-bond donors (Lipinski definition) is 1. The second kappa shape index (κ2) is 5.02. The lowest BCUT2D eigenvalue weighted by Gasteiger charge is -2.02. The molecule has 2 rings (SSSR count). The molecule has 81 valence electrons. The van der Waals surface area contributed by atoms with Crippen molar-refractivity contribution in [1.82, 2.24) is 0 Å². The monoisotopic (exact) mass is 230 g/mol. The highest BCUT2D eigenvalue weighted by Crippen LogP contribution is 2.18. The van der Waals surface area contributed by atoms with Gasteiger partial charge in [0.2, 0.25) is 0 Å². The largest absolute Gasteiger partial charge is 0.326 e. The van der Waals surface area contributed by atoms with Crippen molar-refractivity contribution in [1.29, 1.82) is 0 Å². The minimum absolute atomic E-state index is 0.516. The zero-order chi connectivity index (χ0) is 11.4. The van der Waals surface area contributed by atoms with Crippen LogP contribution in [-0.2, 0) is 11.1 Å². The zero-order valence-electron chi connectivity index (χ0n) is 8.84. The smallest absolute Gasteiger partial charge is 0.136 e. The molecule has 1 unspecified atom stereocenters. The van der Waals surface area contributed by atoms with Crippen molar-refractivity contribution in [3.63, 3.8) is 0 Å². The first-order chi connectivity index (χ1) is 7.81. The van der Waals surface area contributed by atoms with E-state index in [1.54, 1.807) is 0 Å². The summed E-state index contributed by atoms with van der Waals surface area (Å²) in [5.41, 5.74) is 6.57. The SMILES string of the molecule is NCc1ccc([P](=O)c2ccccc2)cc1. The van der Waals surface area contributed by atoms with Gasteiger partial charge >= 0.3 is 0 Å². The quantitative estimate of drug-likeness (QED) is 0.818. The summed E-state index contributed by atoms with van der Waals surface area (Å²) in [6.07, 6.45) is 0. The Morgan fingerprint density at radius 1 is 0.875 bits per heavy atom. The van der Waals surface area contributed by atoms with Crippen LogP contribution in [0.4, 0.5) is 0 Å². The first-order valence-electron chi connectivity index (χ1n) is 5.12. The van der Waals surface area contributed by atoms with Gasteiger partial charge in [0.1, 0.15) is 7.80 Å². The Labute approximate surface area is 95.9 Å². The van der Waals surface area contributed by atoms with E-state index in [0.717, 1.165) is 16.2 Å². The van der Waals surface area contributed by atoms with Crippen molar-refractivity contribution < 1.29 is 4.57 Å². The first kappa shape index (κ1) is 11.0. The third-order valence-corrected chi connectivity index (χ3v) is 3.93. The molecule has 0 spiro atoms. The van der Waals surface area contributed by atoms with E-state index in [9.17, 15) is 4.57 Å². The van der Waals surface area contributed by atoms with E-state index in [2.05, 4.69) is 0 Å². The maximum atomic E-state index is 12.2. The second-order valence-corrected chi connectivity index (χ2v) is 5.12. The van der Waals surface area contributed by atoms with Gasteiger partial charge < -0.3 is 5.73 Å². The fraction of sp³-hybridized carbons (Fsp3) is 0.0769. The molecular formula is C13H13NOP. The van der Waals surface area contributed by atoms with E-state index in [1.807, 2.05) is 54.6 Å². The highest BCUT2D eigenvalue weighted by molar-refractivity contribution is 7.61. The Morgan fingerprint density at radius 3 is 2.00 bits per heavy atom. The lowest BCUT2D eigenvalue weighted by atomic mass is 10.2. The molecule has 2 N–H and O–H groups in total. The van der Waals surface area contributed by atoms with Gasteiger partial charge in [0.05, 0.1) is 0 Å².